The number of hydrogen-bond donors (Lipinski definition) is 1. The number of rotatable bonds is 5. The van der Waals surface area contributed by atoms with Gasteiger partial charge in [-0.05, 0) is 37.1 Å². The molecule has 0 saturated heterocycles. The zero-order valence-corrected chi connectivity index (χ0v) is 17.6. The van der Waals surface area contributed by atoms with E-state index in [0.717, 1.165) is 25.7 Å². The van der Waals surface area contributed by atoms with Gasteiger partial charge in [0.25, 0.3) is 15.9 Å². The number of nitrogens with two attached hydrogens (primary N) is 1. The van der Waals surface area contributed by atoms with Crippen LogP contribution in [0.25, 0.3) is 11.5 Å². The van der Waals surface area contributed by atoms with Crippen LogP contribution in [-0.2, 0) is 15.6 Å². The third kappa shape index (κ3) is 3.88. The molecule has 0 radical (unpaired) electrons. The van der Waals surface area contributed by atoms with Crippen molar-refractivity contribution >= 4 is 28.1 Å². The second-order valence-electron chi connectivity index (χ2n) is 7.09. The average molecular weight is 435 g/mol. The summed E-state index contributed by atoms with van der Waals surface area (Å²) in [5, 5.41) is 4.05. The van der Waals surface area contributed by atoms with Gasteiger partial charge < -0.3 is 10.3 Å². The minimum atomic E-state index is -3.82. The smallest absolute Gasteiger partial charge is 0.264 e. The Morgan fingerprint density at radius 2 is 1.66 bits per heavy atom. The highest BCUT2D eigenvalue weighted by Crippen LogP contribution is 2.36. The molecule has 0 bridgehead atoms. The number of anilines is 1. The Balaban J connectivity index is 0.00000240. The largest absolute Gasteiger partial charge is 0.334 e. The highest BCUT2D eigenvalue weighted by molar-refractivity contribution is 7.93. The zero-order chi connectivity index (χ0) is 19.8. The van der Waals surface area contributed by atoms with Crippen LogP contribution in [0.15, 0.2) is 64.0 Å². The molecule has 4 rings (SSSR count). The van der Waals surface area contributed by atoms with Crippen molar-refractivity contribution in [1.29, 1.82) is 0 Å². The van der Waals surface area contributed by atoms with Crippen molar-refractivity contribution in [3.8, 4) is 11.5 Å². The van der Waals surface area contributed by atoms with E-state index < -0.39 is 15.6 Å². The number of sulfonamides is 1. The lowest BCUT2D eigenvalue weighted by Crippen LogP contribution is -2.34. The van der Waals surface area contributed by atoms with Crippen LogP contribution in [0, 0.1) is 0 Å². The van der Waals surface area contributed by atoms with Crippen molar-refractivity contribution in [2.75, 3.05) is 11.4 Å². The summed E-state index contributed by atoms with van der Waals surface area (Å²) in [5.74, 6) is 0.593. The third-order valence-corrected chi connectivity index (χ3v) is 7.09. The van der Waals surface area contributed by atoms with E-state index in [1.165, 1.54) is 11.4 Å². The summed E-state index contributed by atoms with van der Waals surface area (Å²) in [6.45, 7) is 0. The molecular formula is C20H23ClN4O3S. The molecule has 0 aliphatic heterocycles. The lowest BCUT2D eigenvalue weighted by atomic mass is 9.99. The summed E-state index contributed by atoms with van der Waals surface area (Å²) in [6.07, 6.45) is 3.63. The SMILES string of the molecule is CN(c1ccccc1)S(=O)(=O)c1ccccc1-c1nc(C2(N)CCCC2)no1.Cl. The monoisotopic (exact) mass is 434 g/mol. The summed E-state index contributed by atoms with van der Waals surface area (Å²) >= 11 is 0. The normalized spacial score (nSPS) is 15.7. The molecule has 0 atom stereocenters. The van der Waals surface area contributed by atoms with E-state index >= 15 is 0 Å². The Hall–Kier alpha value is -2.42. The van der Waals surface area contributed by atoms with E-state index in [-0.39, 0.29) is 23.2 Å². The van der Waals surface area contributed by atoms with Gasteiger partial charge in [-0.1, -0.05) is 48.3 Å². The van der Waals surface area contributed by atoms with Gasteiger partial charge >= 0.3 is 0 Å². The topological polar surface area (TPSA) is 102 Å². The molecule has 1 aromatic heterocycles. The summed E-state index contributed by atoms with van der Waals surface area (Å²) in [4.78, 5) is 4.56. The molecule has 2 aromatic carbocycles. The number of nitrogens with zero attached hydrogens (tertiary/aromatic N) is 3. The molecule has 7 nitrogen and oxygen atoms in total. The summed E-state index contributed by atoms with van der Waals surface area (Å²) in [7, 11) is -2.30. The minimum absolute atomic E-state index is 0. The van der Waals surface area contributed by atoms with E-state index in [1.54, 1.807) is 48.5 Å². The quantitative estimate of drug-likeness (QED) is 0.656. The highest BCUT2D eigenvalue weighted by Gasteiger charge is 2.36. The van der Waals surface area contributed by atoms with E-state index in [2.05, 4.69) is 10.1 Å². The predicted molar refractivity (Wildman–Crippen MR) is 113 cm³/mol. The molecule has 0 spiro atoms. The van der Waals surface area contributed by atoms with Crippen LogP contribution in [-0.4, -0.2) is 25.6 Å². The van der Waals surface area contributed by atoms with Crippen LogP contribution >= 0.6 is 12.4 Å². The number of benzene rings is 2. The van der Waals surface area contributed by atoms with Gasteiger partial charge in [-0.2, -0.15) is 4.98 Å². The van der Waals surface area contributed by atoms with Gasteiger partial charge in [0.1, 0.15) is 4.90 Å². The Morgan fingerprint density at radius 3 is 2.34 bits per heavy atom. The molecule has 9 heteroatoms. The van der Waals surface area contributed by atoms with Gasteiger partial charge in [0, 0.05) is 7.05 Å². The fourth-order valence-corrected chi connectivity index (χ4v) is 4.94. The predicted octanol–water partition coefficient (Wildman–Crippen LogP) is 3.71. The van der Waals surface area contributed by atoms with Gasteiger partial charge in [-0.15, -0.1) is 12.4 Å². The van der Waals surface area contributed by atoms with Crippen LogP contribution in [0.3, 0.4) is 0 Å². The summed E-state index contributed by atoms with van der Waals surface area (Å²) in [5.41, 5.74) is 6.74. The maximum atomic E-state index is 13.3. The Labute approximate surface area is 176 Å². The Bertz CT molecular complexity index is 1080. The van der Waals surface area contributed by atoms with Crippen molar-refractivity contribution in [3.05, 3.63) is 60.4 Å². The van der Waals surface area contributed by atoms with Crippen molar-refractivity contribution in [3.63, 3.8) is 0 Å². The number of hydrogen-bond acceptors (Lipinski definition) is 6. The van der Waals surface area contributed by atoms with Gasteiger partial charge in [0.15, 0.2) is 5.82 Å². The highest BCUT2D eigenvalue weighted by atomic mass is 35.5. The molecule has 0 unspecified atom stereocenters. The second-order valence-corrected chi connectivity index (χ2v) is 9.03. The lowest BCUT2D eigenvalue weighted by molar-refractivity contribution is 0.372. The molecule has 29 heavy (non-hydrogen) atoms. The first-order valence-electron chi connectivity index (χ1n) is 9.18. The van der Waals surface area contributed by atoms with Gasteiger partial charge in [-0.3, -0.25) is 4.31 Å². The van der Waals surface area contributed by atoms with Crippen molar-refractivity contribution in [2.24, 2.45) is 5.73 Å². The van der Waals surface area contributed by atoms with Crippen LogP contribution < -0.4 is 10.0 Å². The van der Waals surface area contributed by atoms with Crippen molar-refractivity contribution in [1.82, 2.24) is 10.1 Å². The maximum Gasteiger partial charge on any atom is 0.264 e. The first-order chi connectivity index (χ1) is 13.4. The van der Waals surface area contributed by atoms with Crippen molar-refractivity contribution in [2.45, 2.75) is 36.1 Å². The molecule has 1 heterocycles. The minimum Gasteiger partial charge on any atom is -0.334 e. The van der Waals surface area contributed by atoms with E-state index in [1.807, 2.05) is 6.07 Å². The standard InChI is InChI=1S/C20H22N4O3S.ClH/c1-24(15-9-3-2-4-10-15)28(25,26)17-12-6-5-11-16(17)18-22-19(23-27-18)20(21)13-7-8-14-20;/h2-6,9-12H,7-8,13-14,21H2,1H3;1H. The number of aromatic nitrogens is 2. The average Bonchev–Trinajstić information content (AvgIpc) is 3.38. The Morgan fingerprint density at radius 1 is 1.03 bits per heavy atom. The molecular weight excluding hydrogens is 412 g/mol. The summed E-state index contributed by atoms with van der Waals surface area (Å²) < 4.78 is 33.2. The van der Waals surface area contributed by atoms with Crippen LogP contribution in [0.5, 0.6) is 0 Å². The van der Waals surface area contributed by atoms with E-state index in [0.29, 0.717) is 17.1 Å². The van der Waals surface area contributed by atoms with Gasteiger partial charge in [0.05, 0.1) is 16.8 Å². The van der Waals surface area contributed by atoms with E-state index in [9.17, 15) is 8.42 Å². The first kappa shape index (κ1) is 21.3. The fraction of sp³-hybridized carbons (Fsp3) is 0.300. The van der Waals surface area contributed by atoms with E-state index in [4.69, 9.17) is 10.3 Å². The molecule has 154 valence electrons. The first-order valence-corrected chi connectivity index (χ1v) is 10.6. The van der Waals surface area contributed by atoms with Crippen molar-refractivity contribution < 1.29 is 12.9 Å². The lowest BCUT2D eigenvalue weighted by Gasteiger charge is -2.20. The van der Waals surface area contributed by atoms with Gasteiger partial charge in [0.2, 0.25) is 0 Å². The van der Waals surface area contributed by atoms with Gasteiger partial charge in [-0.25, -0.2) is 8.42 Å². The zero-order valence-electron chi connectivity index (χ0n) is 16.0. The van der Waals surface area contributed by atoms with Crippen LogP contribution in [0.1, 0.15) is 31.5 Å². The fourth-order valence-electron chi connectivity index (χ4n) is 3.56. The molecule has 1 saturated carbocycles. The Kier molecular flexibility index (Phi) is 5.97. The number of para-hydroxylation sites is 1. The summed E-state index contributed by atoms with van der Waals surface area (Å²) in [6, 6.07) is 15.5. The third-order valence-electron chi connectivity index (χ3n) is 5.24. The van der Waals surface area contributed by atoms with Crippen LogP contribution in [0.4, 0.5) is 5.69 Å². The molecule has 1 aliphatic carbocycles. The maximum absolute atomic E-state index is 13.3. The molecule has 1 aliphatic rings. The second kappa shape index (κ2) is 8.14. The molecule has 2 N–H and O–H groups in total. The molecule has 0 amide bonds. The van der Waals surface area contributed by atoms with Crippen LogP contribution in [0.2, 0.25) is 0 Å². The molecule has 3 aromatic rings. The molecule has 1 fully saturated rings. The number of halogens is 1.